The molecule has 2 nitrogen and oxygen atoms in total. The van der Waals surface area contributed by atoms with Gasteiger partial charge in [0.2, 0.25) is 0 Å². The van der Waals surface area contributed by atoms with Crippen molar-refractivity contribution in [3.05, 3.63) is 29.3 Å². The highest BCUT2D eigenvalue weighted by atomic mass is 15.2. The van der Waals surface area contributed by atoms with Crippen molar-refractivity contribution < 1.29 is 0 Å². The monoisotopic (exact) mass is 244 g/mol. The molecule has 0 bridgehead atoms. The SMILES string of the molecule is Cc1ccc(C)c(N2CC(C)NCC3(CC3)C2)c1. The highest BCUT2D eigenvalue weighted by Crippen LogP contribution is 2.47. The van der Waals surface area contributed by atoms with Crippen molar-refractivity contribution >= 4 is 5.69 Å². The maximum absolute atomic E-state index is 3.69. The third-order valence-corrected chi connectivity index (χ3v) is 4.51. The Balaban J connectivity index is 1.91. The van der Waals surface area contributed by atoms with Crippen molar-refractivity contribution in [1.82, 2.24) is 5.32 Å². The number of benzene rings is 1. The zero-order valence-corrected chi connectivity index (χ0v) is 11.8. The summed E-state index contributed by atoms with van der Waals surface area (Å²) in [6, 6.07) is 7.41. The van der Waals surface area contributed by atoms with Crippen LogP contribution in [0.3, 0.4) is 0 Å². The van der Waals surface area contributed by atoms with Gasteiger partial charge in [0.05, 0.1) is 0 Å². The van der Waals surface area contributed by atoms with Crippen LogP contribution >= 0.6 is 0 Å². The van der Waals surface area contributed by atoms with Gasteiger partial charge >= 0.3 is 0 Å². The smallest absolute Gasteiger partial charge is 0.0399 e. The first-order valence-electron chi connectivity index (χ1n) is 7.14. The quantitative estimate of drug-likeness (QED) is 0.817. The second-order valence-corrected chi connectivity index (χ2v) is 6.45. The molecule has 1 atom stereocenters. The van der Waals surface area contributed by atoms with Gasteiger partial charge in [0.15, 0.2) is 0 Å². The summed E-state index contributed by atoms with van der Waals surface area (Å²) < 4.78 is 0. The molecule has 18 heavy (non-hydrogen) atoms. The molecule has 2 heteroatoms. The molecule has 0 aromatic heterocycles. The summed E-state index contributed by atoms with van der Waals surface area (Å²) in [6.07, 6.45) is 2.79. The maximum Gasteiger partial charge on any atom is 0.0399 e. The zero-order valence-electron chi connectivity index (χ0n) is 11.8. The Morgan fingerprint density at radius 2 is 2.06 bits per heavy atom. The molecular formula is C16H24N2. The molecular weight excluding hydrogens is 220 g/mol. The van der Waals surface area contributed by atoms with Gasteiger partial charge in [-0.1, -0.05) is 12.1 Å². The first-order chi connectivity index (χ1) is 8.58. The summed E-state index contributed by atoms with van der Waals surface area (Å²) in [5.74, 6) is 0. The number of hydrogen-bond donors (Lipinski definition) is 1. The molecule has 2 fully saturated rings. The molecule has 1 aromatic carbocycles. The number of aryl methyl sites for hydroxylation is 2. The van der Waals surface area contributed by atoms with Crippen LogP contribution < -0.4 is 10.2 Å². The number of rotatable bonds is 1. The highest BCUT2D eigenvalue weighted by Gasteiger charge is 2.45. The van der Waals surface area contributed by atoms with E-state index in [9.17, 15) is 0 Å². The number of hydrogen-bond acceptors (Lipinski definition) is 2. The molecule has 2 aliphatic rings. The van der Waals surface area contributed by atoms with E-state index in [-0.39, 0.29) is 0 Å². The fourth-order valence-corrected chi connectivity index (χ4v) is 3.07. The Kier molecular flexibility index (Phi) is 2.86. The summed E-state index contributed by atoms with van der Waals surface area (Å²) in [5, 5.41) is 3.69. The molecule has 1 heterocycles. The summed E-state index contributed by atoms with van der Waals surface area (Å²) in [7, 11) is 0. The van der Waals surface area contributed by atoms with Gasteiger partial charge in [-0.2, -0.15) is 0 Å². The third kappa shape index (κ3) is 2.26. The first kappa shape index (κ1) is 12.0. The van der Waals surface area contributed by atoms with E-state index in [1.807, 2.05) is 0 Å². The van der Waals surface area contributed by atoms with Gasteiger partial charge in [-0.25, -0.2) is 0 Å². The second kappa shape index (κ2) is 4.27. The fraction of sp³-hybridized carbons (Fsp3) is 0.625. The molecule has 0 radical (unpaired) electrons. The van der Waals surface area contributed by atoms with Crippen LogP contribution in [0.1, 0.15) is 30.9 Å². The number of nitrogens with zero attached hydrogens (tertiary/aromatic N) is 1. The minimum Gasteiger partial charge on any atom is -0.369 e. The highest BCUT2D eigenvalue weighted by molar-refractivity contribution is 5.55. The summed E-state index contributed by atoms with van der Waals surface area (Å²) in [4.78, 5) is 2.61. The van der Waals surface area contributed by atoms with Crippen molar-refractivity contribution in [2.45, 2.75) is 39.7 Å². The lowest BCUT2D eigenvalue weighted by molar-refractivity contribution is 0.479. The molecule has 1 spiro atoms. The third-order valence-electron chi connectivity index (χ3n) is 4.51. The minimum atomic E-state index is 0.570. The lowest BCUT2D eigenvalue weighted by Crippen LogP contribution is -2.35. The standard InChI is InChI=1S/C16H24N2/c1-12-4-5-13(2)15(8-12)18-9-14(3)17-10-16(11-18)6-7-16/h4-5,8,14,17H,6-7,9-11H2,1-3H3. The molecule has 0 amide bonds. The molecule has 1 aliphatic heterocycles. The first-order valence-corrected chi connectivity index (χ1v) is 7.14. The number of nitrogens with one attached hydrogen (secondary N) is 1. The van der Waals surface area contributed by atoms with Crippen molar-refractivity contribution in [2.24, 2.45) is 5.41 Å². The molecule has 1 aliphatic carbocycles. The average Bonchev–Trinajstić information content (AvgIpc) is 3.11. The lowest BCUT2D eigenvalue weighted by atomic mass is 10.1. The topological polar surface area (TPSA) is 15.3 Å². The normalized spacial score (nSPS) is 26.2. The largest absolute Gasteiger partial charge is 0.369 e. The van der Waals surface area contributed by atoms with E-state index >= 15 is 0 Å². The van der Waals surface area contributed by atoms with Gasteiger partial charge in [0.25, 0.3) is 0 Å². The van der Waals surface area contributed by atoms with Crippen LogP contribution in [0.4, 0.5) is 5.69 Å². The molecule has 98 valence electrons. The van der Waals surface area contributed by atoms with Gasteiger partial charge in [-0.15, -0.1) is 0 Å². The average molecular weight is 244 g/mol. The van der Waals surface area contributed by atoms with Crippen molar-refractivity contribution in [3.63, 3.8) is 0 Å². The van der Waals surface area contributed by atoms with Crippen LogP contribution in [0.5, 0.6) is 0 Å². The van der Waals surface area contributed by atoms with Crippen LogP contribution in [0.2, 0.25) is 0 Å². The van der Waals surface area contributed by atoms with E-state index in [2.05, 4.69) is 49.2 Å². The van der Waals surface area contributed by atoms with E-state index in [1.165, 1.54) is 42.7 Å². The van der Waals surface area contributed by atoms with Gasteiger partial charge in [0.1, 0.15) is 0 Å². The summed E-state index contributed by atoms with van der Waals surface area (Å²) >= 11 is 0. The van der Waals surface area contributed by atoms with Crippen LogP contribution in [-0.2, 0) is 0 Å². The Morgan fingerprint density at radius 1 is 1.28 bits per heavy atom. The number of anilines is 1. The maximum atomic E-state index is 3.69. The van der Waals surface area contributed by atoms with E-state index in [0.29, 0.717) is 11.5 Å². The Morgan fingerprint density at radius 3 is 2.78 bits per heavy atom. The van der Waals surface area contributed by atoms with Crippen LogP contribution in [0, 0.1) is 19.3 Å². The molecule has 3 rings (SSSR count). The lowest BCUT2D eigenvalue weighted by Gasteiger charge is -2.29. The Hall–Kier alpha value is -1.02. The molecule has 1 unspecified atom stereocenters. The fourth-order valence-electron chi connectivity index (χ4n) is 3.07. The van der Waals surface area contributed by atoms with E-state index in [0.717, 1.165) is 6.54 Å². The van der Waals surface area contributed by atoms with E-state index < -0.39 is 0 Å². The molecule has 1 aromatic rings. The van der Waals surface area contributed by atoms with E-state index in [1.54, 1.807) is 0 Å². The van der Waals surface area contributed by atoms with Gasteiger partial charge < -0.3 is 10.2 Å². The van der Waals surface area contributed by atoms with Crippen LogP contribution in [-0.4, -0.2) is 25.7 Å². The molecule has 1 saturated carbocycles. The minimum absolute atomic E-state index is 0.570. The predicted molar refractivity (Wildman–Crippen MR) is 77.3 cm³/mol. The van der Waals surface area contributed by atoms with Crippen molar-refractivity contribution in [2.75, 3.05) is 24.5 Å². The van der Waals surface area contributed by atoms with Gasteiger partial charge in [-0.3, -0.25) is 0 Å². The second-order valence-electron chi connectivity index (χ2n) is 6.45. The van der Waals surface area contributed by atoms with Crippen LogP contribution in [0.15, 0.2) is 18.2 Å². The Bertz CT molecular complexity index is 448. The summed E-state index contributed by atoms with van der Waals surface area (Å²) in [5.41, 5.74) is 4.79. The van der Waals surface area contributed by atoms with Gasteiger partial charge in [-0.05, 0) is 50.8 Å². The molecule has 1 saturated heterocycles. The predicted octanol–water partition coefficient (Wildman–Crippen LogP) is 2.88. The molecule has 1 N–H and O–H groups in total. The Labute approximate surface area is 110 Å². The van der Waals surface area contributed by atoms with Crippen LogP contribution in [0.25, 0.3) is 0 Å². The summed E-state index contributed by atoms with van der Waals surface area (Å²) in [6.45, 7) is 10.3. The van der Waals surface area contributed by atoms with Gasteiger partial charge in [0, 0.05) is 36.8 Å². The van der Waals surface area contributed by atoms with Crippen molar-refractivity contribution in [1.29, 1.82) is 0 Å². The van der Waals surface area contributed by atoms with E-state index in [4.69, 9.17) is 0 Å². The zero-order chi connectivity index (χ0) is 12.8. The van der Waals surface area contributed by atoms with Crippen molar-refractivity contribution in [3.8, 4) is 0 Å².